The number of hydrogen-bond acceptors (Lipinski definition) is 5. The molecule has 0 spiro atoms. The average molecular weight is 389 g/mol. The molecule has 1 aromatic carbocycles. The van der Waals surface area contributed by atoms with Gasteiger partial charge < -0.3 is 9.32 Å². The van der Waals surface area contributed by atoms with Crippen molar-refractivity contribution in [3.05, 3.63) is 87.1 Å². The number of aryl methyl sites for hydroxylation is 1. The minimum atomic E-state index is -0.241. The van der Waals surface area contributed by atoms with Gasteiger partial charge in [0, 0.05) is 37.3 Å². The van der Waals surface area contributed by atoms with Crippen LogP contribution in [0.25, 0.3) is 5.65 Å². The molecule has 1 aliphatic heterocycles. The van der Waals surface area contributed by atoms with E-state index < -0.39 is 0 Å². The zero-order valence-electron chi connectivity index (χ0n) is 15.9. The molecular weight excluding hydrogens is 370 g/mol. The lowest BCUT2D eigenvalue weighted by atomic mass is 10.1. The quantitative estimate of drug-likeness (QED) is 0.579. The molecule has 0 bridgehead atoms. The number of aromatic nitrogens is 4. The summed E-state index contributed by atoms with van der Waals surface area (Å²) >= 11 is 0. The van der Waals surface area contributed by atoms with E-state index in [1.165, 1.54) is 16.8 Å². The standard InChI is InChI=1S/C21H19N5O3/c1-13-9-19(27)26-20(23-13)15(11-22-26)21(28)25-8-7-17-16(12-25)24-18(29-17)10-14-5-3-2-4-6-14/h2-6,9,11,22H,7-8,10,12H2,1H3. The van der Waals surface area contributed by atoms with Crippen molar-refractivity contribution in [2.45, 2.75) is 26.3 Å². The third-order valence-corrected chi connectivity index (χ3v) is 5.11. The number of fused-ring (bicyclic) bond motifs is 2. The highest BCUT2D eigenvalue weighted by Gasteiger charge is 2.28. The van der Waals surface area contributed by atoms with Gasteiger partial charge in [-0.05, 0) is 12.5 Å². The van der Waals surface area contributed by atoms with Crippen LogP contribution < -0.4 is 5.56 Å². The minimum absolute atomic E-state index is 0.181. The number of carbonyl (C=O) groups excluding carboxylic acids is 1. The van der Waals surface area contributed by atoms with Crippen LogP contribution in [0, 0.1) is 6.92 Å². The number of aromatic amines is 1. The highest BCUT2D eigenvalue weighted by molar-refractivity contribution is 5.99. The molecule has 0 atom stereocenters. The number of nitrogens with one attached hydrogen (secondary N) is 1. The molecule has 4 heterocycles. The first-order valence-electron chi connectivity index (χ1n) is 9.47. The van der Waals surface area contributed by atoms with E-state index in [1.807, 2.05) is 30.3 Å². The topological polar surface area (TPSA) is 96.5 Å². The number of hydrogen-bond donors (Lipinski definition) is 1. The Morgan fingerprint density at radius 1 is 1.24 bits per heavy atom. The van der Waals surface area contributed by atoms with E-state index in [0.717, 1.165) is 17.0 Å². The summed E-state index contributed by atoms with van der Waals surface area (Å²) in [5, 5.41) is 2.81. The van der Waals surface area contributed by atoms with Crippen LogP contribution in [-0.4, -0.2) is 36.9 Å². The molecule has 5 rings (SSSR count). The van der Waals surface area contributed by atoms with E-state index in [4.69, 9.17) is 4.42 Å². The highest BCUT2D eigenvalue weighted by Crippen LogP contribution is 2.23. The van der Waals surface area contributed by atoms with Crippen molar-refractivity contribution in [1.82, 2.24) is 24.5 Å². The summed E-state index contributed by atoms with van der Waals surface area (Å²) in [5.41, 5.74) is 2.97. The van der Waals surface area contributed by atoms with Gasteiger partial charge in [-0.2, -0.15) is 0 Å². The van der Waals surface area contributed by atoms with Gasteiger partial charge in [-0.1, -0.05) is 30.3 Å². The second kappa shape index (κ2) is 6.73. The van der Waals surface area contributed by atoms with Crippen molar-refractivity contribution in [3.63, 3.8) is 0 Å². The van der Waals surface area contributed by atoms with Crippen LogP contribution in [0.1, 0.15) is 39.0 Å². The van der Waals surface area contributed by atoms with Crippen LogP contribution >= 0.6 is 0 Å². The molecule has 0 aliphatic carbocycles. The van der Waals surface area contributed by atoms with Gasteiger partial charge in [0.15, 0.2) is 11.5 Å². The molecule has 0 saturated heterocycles. The van der Waals surface area contributed by atoms with Gasteiger partial charge in [0.25, 0.3) is 11.5 Å². The molecule has 0 radical (unpaired) electrons. The molecule has 8 nitrogen and oxygen atoms in total. The SMILES string of the molecule is Cc1cc(=O)n2[nH]cc(C(=O)N3CCc4oc(Cc5ccccc5)nc4C3)c2n1. The van der Waals surface area contributed by atoms with Crippen LogP contribution in [0.15, 0.2) is 51.8 Å². The zero-order valence-corrected chi connectivity index (χ0v) is 15.9. The largest absolute Gasteiger partial charge is 0.445 e. The van der Waals surface area contributed by atoms with Crippen molar-refractivity contribution >= 4 is 11.6 Å². The Hall–Kier alpha value is -3.68. The number of carbonyl (C=O) groups is 1. The number of oxazole rings is 1. The van der Waals surface area contributed by atoms with E-state index in [0.29, 0.717) is 48.7 Å². The number of benzene rings is 1. The fraction of sp³-hybridized carbons (Fsp3) is 0.238. The Bertz CT molecular complexity index is 1270. The third-order valence-electron chi connectivity index (χ3n) is 5.11. The predicted octanol–water partition coefficient (Wildman–Crippen LogP) is 2.11. The third kappa shape index (κ3) is 3.12. The molecule has 8 heteroatoms. The number of H-pyrrole nitrogens is 1. The van der Waals surface area contributed by atoms with Crippen LogP contribution in [0.5, 0.6) is 0 Å². The van der Waals surface area contributed by atoms with Gasteiger partial charge in [0.05, 0.1) is 6.54 Å². The average Bonchev–Trinajstić information content (AvgIpc) is 3.31. The molecule has 0 saturated carbocycles. The lowest BCUT2D eigenvalue weighted by Crippen LogP contribution is -2.36. The van der Waals surface area contributed by atoms with E-state index in [2.05, 4.69) is 15.1 Å². The van der Waals surface area contributed by atoms with Crippen molar-refractivity contribution in [1.29, 1.82) is 0 Å². The van der Waals surface area contributed by atoms with Gasteiger partial charge in [-0.3, -0.25) is 14.7 Å². The molecule has 0 fully saturated rings. The van der Waals surface area contributed by atoms with Crippen LogP contribution in [0.4, 0.5) is 0 Å². The molecule has 1 amide bonds. The normalized spacial score (nSPS) is 13.6. The summed E-state index contributed by atoms with van der Waals surface area (Å²) in [7, 11) is 0. The molecule has 4 aromatic rings. The summed E-state index contributed by atoms with van der Waals surface area (Å²) in [5.74, 6) is 1.31. The maximum absolute atomic E-state index is 13.1. The monoisotopic (exact) mass is 389 g/mol. The van der Waals surface area contributed by atoms with Gasteiger partial charge >= 0.3 is 0 Å². The molecule has 1 aliphatic rings. The highest BCUT2D eigenvalue weighted by atomic mass is 16.4. The van der Waals surface area contributed by atoms with Gasteiger partial charge in [0.2, 0.25) is 0 Å². The summed E-state index contributed by atoms with van der Waals surface area (Å²) in [6.07, 6.45) is 2.76. The van der Waals surface area contributed by atoms with Crippen LogP contribution in [-0.2, 0) is 19.4 Å². The van der Waals surface area contributed by atoms with E-state index in [-0.39, 0.29) is 11.5 Å². The minimum Gasteiger partial charge on any atom is -0.445 e. The Labute approximate surface area is 165 Å². The van der Waals surface area contributed by atoms with Crippen molar-refractivity contribution in [2.75, 3.05) is 6.54 Å². The Balaban J connectivity index is 1.40. The first kappa shape index (κ1) is 17.4. The number of amides is 1. The second-order valence-corrected chi connectivity index (χ2v) is 7.20. The molecular formula is C21H19N5O3. The van der Waals surface area contributed by atoms with E-state index in [1.54, 1.807) is 11.8 Å². The van der Waals surface area contributed by atoms with Crippen LogP contribution in [0.3, 0.4) is 0 Å². The summed E-state index contributed by atoms with van der Waals surface area (Å²) < 4.78 is 7.20. The number of rotatable bonds is 3. The summed E-state index contributed by atoms with van der Waals surface area (Å²) in [4.78, 5) is 35.9. The Kier molecular flexibility index (Phi) is 4.04. The fourth-order valence-electron chi connectivity index (χ4n) is 3.70. The van der Waals surface area contributed by atoms with Gasteiger partial charge in [-0.25, -0.2) is 14.5 Å². The summed E-state index contributed by atoms with van der Waals surface area (Å²) in [6, 6.07) is 11.4. The lowest BCUT2D eigenvalue weighted by molar-refractivity contribution is 0.0729. The number of nitrogens with zero attached hydrogens (tertiary/aromatic N) is 4. The molecule has 29 heavy (non-hydrogen) atoms. The first-order valence-corrected chi connectivity index (χ1v) is 9.47. The molecule has 1 N–H and O–H groups in total. The lowest BCUT2D eigenvalue weighted by Gasteiger charge is -2.24. The maximum Gasteiger partial charge on any atom is 0.272 e. The maximum atomic E-state index is 13.1. The Morgan fingerprint density at radius 3 is 2.90 bits per heavy atom. The van der Waals surface area contributed by atoms with Gasteiger partial charge in [0.1, 0.15) is 17.0 Å². The predicted molar refractivity (Wildman–Crippen MR) is 105 cm³/mol. The van der Waals surface area contributed by atoms with Crippen molar-refractivity contribution in [3.8, 4) is 0 Å². The second-order valence-electron chi connectivity index (χ2n) is 7.20. The molecule has 3 aromatic heterocycles. The fourth-order valence-corrected chi connectivity index (χ4v) is 3.70. The van der Waals surface area contributed by atoms with Gasteiger partial charge in [-0.15, -0.1) is 0 Å². The Morgan fingerprint density at radius 2 is 2.07 bits per heavy atom. The summed E-state index contributed by atoms with van der Waals surface area (Å²) in [6.45, 7) is 2.64. The molecule has 0 unspecified atom stereocenters. The smallest absolute Gasteiger partial charge is 0.272 e. The van der Waals surface area contributed by atoms with E-state index in [9.17, 15) is 9.59 Å². The van der Waals surface area contributed by atoms with Crippen molar-refractivity contribution in [2.24, 2.45) is 0 Å². The zero-order chi connectivity index (χ0) is 20.0. The first-order chi connectivity index (χ1) is 14.1. The van der Waals surface area contributed by atoms with Crippen molar-refractivity contribution < 1.29 is 9.21 Å². The molecule has 146 valence electrons. The van der Waals surface area contributed by atoms with Crippen LogP contribution in [0.2, 0.25) is 0 Å². The van der Waals surface area contributed by atoms with E-state index >= 15 is 0 Å².